The predicted octanol–water partition coefficient (Wildman–Crippen LogP) is 18.2. The largest absolute Gasteiger partial charge is 0.405 e. The summed E-state index contributed by atoms with van der Waals surface area (Å²) in [7, 11) is 3.00. The van der Waals surface area contributed by atoms with Gasteiger partial charge in [-0.05, 0) is 75.0 Å². The summed E-state index contributed by atoms with van der Waals surface area (Å²) in [4.78, 5) is 0. The zero-order valence-electron chi connectivity index (χ0n) is 41.3. The summed E-state index contributed by atoms with van der Waals surface area (Å²) in [6, 6.07) is 0. The topological polar surface area (TPSA) is 47.6 Å². The molecule has 59 heavy (non-hydrogen) atoms. The Morgan fingerprint density at radius 2 is 0.881 bits per heavy atom. The number of nitrogens with one attached hydrogen (secondary N) is 1. The second kappa shape index (κ2) is 38.7. The maximum atomic E-state index is 13.6. The van der Waals surface area contributed by atoms with Crippen molar-refractivity contribution in [2.24, 2.45) is 35.5 Å². The first kappa shape index (κ1) is 60.4. The van der Waals surface area contributed by atoms with Gasteiger partial charge in [-0.3, -0.25) is 9.05 Å². The van der Waals surface area contributed by atoms with Crippen molar-refractivity contribution in [2.75, 3.05) is 68.9 Å². The number of rotatable bonds is 42. The van der Waals surface area contributed by atoms with E-state index in [1.807, 2.05) is 21.6 Å². The first-order valence-corrected chi connectivity index (χ1v) is 34.0. The Bertz CT molecular complexity index is 1010. The van der Waals surface area contributed by atoms with E-state index in [1.165, 1.54) is 127 Å². The summed E-state index contributed by atoms with van der Waals surface area (Å²) in [5.41, 5.74) is 3.01. The normalized spacial score (nSPS) is 15.4. The SMILES string of the molecule is C/C(=C\CSSCCOP(=O)(NCC[P+](C)(C)C)OCCSSC/C=C(\C)CCC[C@H](C)CCC[C@H](C)CCCC(C)C)CCC[C@H](C)CCC[C@H](C)CCCC(C)C. The van der Waals surface area contributed by atoms with Crippen LogP contribution in [0.25, 0.3) is 0 Å². The molecule has 0 aromatic carbocycles. The zero-order chi connectivity index (χ0) is 44.4. The molecule has 0 radical (unpaired) electrons. The molecule has 0 saturated heterocycles. The van der Waals surface area contributed by atoms with E-state index in [0.717, 1.165) is 64.7 Å². The second-order valence-corrected chi connectivity index (χ2v) is 32.2. The Morgan fingerprint density at radius 1 is 0.542 bits per heavy atom. The van der Waals surface area contributed by atoms with Gasteiger partial charge in [-0.15, -0.1) is 0 Å². The first-order valence-electron chi connectivity index (χ1n) is 24.2. The van der Waals surface area contributed by atoms with Crippen molar-refractivity contribution < 1.29 is 13.6 Å². The van der Waals surface area contributed by atoms with Crippen LogP contribution in [0.4, 0.5) is 0 Å². The molecule has 1 N–H and O–H groups in total. The molecule has 0 amide bonds. The zero-order valence-corrected chi connectivity index (χ0v) is 46.3. The highest BCUT2D eigenvalue weighted by Gasteiger charge is 2.26. The quantitative estimate of drug-likeness (QED) is 0.0281. The molecule has 0 rings (SSSR count). The van der Waals surface area contributed by atoms with Crippen LogP contribution in [-0.4, -0.2) is 68.9 Å². The minimum Gasteiger partial charge on any atom is -0.296 e. The molecule has 0 spiro atoms. The standard InChI is InChI=1S/C49H100NO3P2S4/c1-42(2)20-14-22-44(5)24-16-26-46(7)28-18-30-48(9)32-38-56-58-40-35-52-55(51,50-34-37-54(11,12)13)53-36-41-59-57-39-33-49(10)31-19-29-47(8)27-17-25-45(6)23-15-21-43(3)4/h32-33,42-47H,14-31,34-41H2,1-13H3,(H,50,51)/q+1/b48-32+,49-33+/t44-,45-,46-,47-/m1/s1. The fourth-order valence-electron chi connectivity index (χ4n) is 7.22. The van der Waals surface area contributed by atoms with Crippen molar-refractivity contribution in [3.63, 3.8) is 0 Å². The van der Waals surface area contributed by atoms with Crippen molar-refractivity contribution in [3.05, 3.63) is 23.3 Å². The molecule has 0 saturated carbocycles. The summed E-state index contributed by atoms with van der Waals surface area (Å²) in [6.07, 6.45) is 30.2. The van der Waals surface area contributed by atoms with Crippen LogP contribution in [0.5, 0.6) is 0 Å². The van der Waals surface area contributed by atoms with Gasteiger partial charge in [-0.2, -0.15) is 0 Å². The van der Waals surface area contributed by atoms with E-state index in [-0.39, 0.29) is 0 Å². The van der Waals surface area contributed by atoms with Gasteiger partial charge in [0.15, 0.2) is 0 Å². The van der Waals surface area contributed by atoms with Gasteiger partial charge >= 0.3 is 7.75 Å². The highest BCUT2D eigenvalue weighted by molar-refractivity contribution is 8.77. The number of hydrogen-bond acceptors (Lipinski definition) is 7. The van der Waals surface area contributed by atoms with Crippen molar-refractivity contribution in [1.82, 2.24) is 5.09 Å². The van der Waals surface area contributed by atoms with Crippen LogP contribution in [0.2, 0.25) is 0 Å². The summed E-state index contributed by atoms with van der Waals surface area (Å²) >= 11 is 0. The van der Waals surface area contributed by atoms with Crippen LogP contribution >= 0.6 is 58.2 Å². The molecule has 352 valence electrons. The lowest BCUT2D eigenvalue weighted by Gasteiger charge is -2.20. The van der Waals surface area contributed by atoms with E-state index in [1.54, 1.807) is 21.6 Å². The van der Waals surface area contributed by atoms with Gasteiger partial charge in [-0.25, -0.2) is 9.65 Å². The lowest BCUT2D eigenvalue weighted by Crippen LogP contribution is -2.20. The van der Waals surface area contributed by atoms with E-state index in [0.29, 0.717) is 19.8 Å². The highest BCUT2D eigenvalue weighted by Crippen LogP contribution is 2.48. The Kier molecular flexibility index (Phi) is 39.6. The van der Waals surface area contributed by atoms with Gasteiger partial charge < -0.3 is 0 Å². The van der Waals surface area contributed by atoms with Crippen LogP contribution in [-0.2, 0) is 13.6 Å². The van der Waals surface area contributed by atoms with Gasteiger partial charge in [0.1, 0.15) is 0 Å². The smallest absolute Gasteiger partial charge is 0.296 e. The van der Waals surface area contributed by atoms with E-state index in [2.05, 4.69) is 106 Å². The molecule has 0 fully saturated rings. The van der Waals surface area contributed by atoms with Crippen LogP contribution in [0.1, 0.15) is 185 Å². The molecular weight excluding hydrogens is 841 g/mol. The fraction of sp³-hybridized carbons (Fsp3) is 0.918. The molecule has 4 atom stereocenters. The van der Waals surface area contributed by atoms with Crippen molar-refractivity contribution >= 4 is 58.2 Å². The molecule has 0 heterocycles. The molecule has 0 unspecified atom stereocenters. The Labute approximate surface area is 387 Å². The highest BCUT2D eigenvalue weighted by atomic mass is 33.1. The summed E-state index contributed by atoms with van der Waals surface area (Å²) in [6.45, 7) is 32.2. The molecule has 0 aliphatic heterocycles. The summed E-state index contributed by atoms with van der Waals surface area (Å²) in [5.74, 6) is 8.71. The van der Waals surface area contributed by atoms with E-state index < -0.39 is 15.0 Å². The average molecular weight is 942 g/mol. The Hall–Kier alpha value is 1.42. The van der Waals surface area contributed by atoms with Crippen LogP contribution in [0.3, 0.4) is 0 Å². The Balaban J connectivity index is 4.26. The number of allylic oxidation sites excluding steroid dienone is 2. The molecule has 0 aromatic heterocycles. The van der Waals surface area contributed by atoms with Gasteiger partial charge in [-0.1, -0.05) is 212 Å². The fourth-order valence-corrected chi connectivity index (χ4v) is 13.3. The lowest BCUT2D eigenvalue weighted by atomic mass is 9.91. The minimum absolute atomic E-state index is 0.423. The molecule has 0 bridgehead atoms. The predicted molar refractivity (Wildman–Crippen MR) is 284 cm³/mol. The Morgan fingerprint density at radius 3 is 1.22 bits per heavy atom. The van der Waals surface area contributed by atoms with E-state index in [4.69, 9.17) is 9.05 Å². The van der Waals surface area contributed by atoms with Crippen LogP contribution in [0.15, 0.2) is 23.3 Å². The van der Waals surface area contributed by atoms with Crippen LogP contribution < -0.4 is 5.09 Å². The molecular formula is C49H100NO3P2S4+. The average Bonchev–Trinajstić information content (AvgIpc) is 3.13. The van der Waals surface area contributed by atoms with Gasteiger partial charge in [0.05, 0.1) is 19.4 Å². The third-order valence-electron chi connectivity index (χ3n) is 11.4. The van der Waals surface area contributed by atoms with Gasteiger partial charge in [0, 0.05) is 56.8 Å². The molecule has 0 aliphatic rings. The van der Waals surface area contributed by atoms with E-state index >= 15 is 0 Å². The minimum atomic E-state index is -3.33. The maximum absolute atomic E-state index is 13.6. The van der Waals surface area contributed by atoms with Crippen molar-refractivity contribution in [2.45, 2.75) is 185 Å². The summed E-state index contributed by atoms with van der Waals surface area (Å²) < 4.78 is 25.5. The third kappa shape index (κ3) is 43.1. The molecule has 0 aliphatic carbocycles. The molecule has 4 nitrogen and oxygen atoms in total. The van der Waals surface area contributed by atoms with Gasteiger partial charge in [0.2, 0.25) is 0 Å². The monoisotopic (exact) mass is 941 g/mol. The molecule has 10 heteroatoms. The first-order chi connectivity index (χ1) is 27.9. The lowest BCUT2D eigenvalue weighted by molar-refractivity contribution is 0.214. The molecule has 0 aromatic rings. The summed E-state index contributed by atoms with van der Waals surface area (Å²) in [5, 5.41) is 3.18. The van der Waals surface area contributed by atoms with Gasteiger partial charge in [0.25, 0.3) is 0 Å². The van der Waals surface area contributed by atoms with Crippen molar-refractivity contribution in [1.29, 1.82) is 0 Å². The third-order valence-corrected chi connectivity index (χ3v) is 19.0. The van der Waals surface area contributed by atoms with Crippen LogP contribution in [0, 0.1) is 35.5 Å². The van der Waals surface area contributed by atoms with E-state index in [9.17, 15) is 4.57 Å². The number of hydrogen-bond donors (Lipinski definition) is 1. The maximum Gasteiger partial charge on any atom is 0.405 e. The second-order valence-electron chi connectivity index (χ2n) is 20.1. The van der Waals surface area contributed by atoms with Crippen molar-refractivity contribution in [3.8, 4) is 0 Å².